The van der Waals surface area contributed by atoms with Gasteiger partial charge in [0, 0.05) is 57.0 Å². The Bertz CT molecular complexity index is 1880. The van der Waals surface area contributed by atoms with Gasteiger partial charge in [-0.3, -0.25) is 19.0 Å². The molecule has 12 nitrogen and oxygen atoms in total. The number of nitrogens with one attached hydrogen (secondary N) is 1. The summed E-state index contributed by atoms with van der Waals surface area (Å²) in [5.74, 6) is -3.71. The van der Waals surface area contributed by atoms with Gasteiger partial charge in [-0.25, -0.2) is 14.4 Å². The Kier molecular flexibility index (Phi) is 7.72. The number of fused-ring (bicyclic) bond motifs is 2. The summed E-state index contributed by atoms with van der Waals surface area (Å²) in [6.07, 6.45) is 2.70. The third-order valence-electron chi connectivity index (χ3n) is 8.11. The van der Waals surface area contributed by atoms with Crippen LogP contribution < -0.4 is 21.5 Å². The number of halogens is 3. The summed E-state index contributed by atoms with van der Waals surface area (Å²) < 4.78 is 32.4. The summed E-state index contributed by atoms with van der Waals surface area (Å²) in [5.41, 5.74) is 4.96. The molecule has 0 atom stereocenters. The minimum atomic E-state index is -1.11. The minimum Gasteiger partial charge on any atom is -0.504 e. The maximum absolute atomic E-state index is 14.8. The van der Waals surface area contributed by atoms with Crippen molar-refractivity contribution in [3.05, 3.63) is 62.9 Å². The molecule has 0 bridgehead atoms. The van der Waals surface area contributed by atoms with Gasteiger partial charge < -0.3 is 30.5 Å². The highest BCUT2D eigenvalue weighted by Gasteiger charge is 2.26. The molecule has 0 spiro atoms. The van der Waals surface area contributed by atoms with Crippen LogP contribution in [-0.4, -0.2) is 73.6 Å². The van der Waals surface area contributed by atoms with Crippen LogP contribution in [0.1, 0.15) is 29.5 Å². The maximum Gasteiger partial charge on any atom is 0.263 e. The SMILES string of the molecule is CCN1CCN(c2cc(NC(=O)Cn3cc(-c4cc(F)c(O)c(C(N)=O)c4)c4c(=O)n5c(nc43)CCC5)c(Cl)c(F)n2)CC1. The smallest absolute Gasteiger partial charge is 0.263 e. The minimum absolute atomic E-state index is 0.0365. The van der Waals surface area contributed by atoms with Crippen LogP contribution >= 0.6 is 11.6 Å². The molecule has 4 N–H and O–H groups in total. The number of amides is 2. The van der Waals surface area contributed by atoms with Gasteiger partial charge in [-0.15, -0.1) is 0 Å². The second kappa shape index (κ2) is 11.5. The third-order valence-corrected chi connectivity index (χ3v) is 8.47. The fraction of sp³-hybridized carbons (Fsp3) is 0.345. The number of rotatable bonds is 7. The zero-order valence-corrected chi connectivity index (χ0v) is 24.5. The van der Waals surface area contributed by atoms with E-state index in [1.54, 1.807) is 0 Å². The molecule has 2 aliphatic heterocycles. The number of phenols is 1. The molecule has 0 unspecified atom stereocenters. The maximum atomic E-state index is 14.8. The highest BCUT2D eigenvalue weighted by Crippen LogP contribution is 2.34. The van der Waals surface area contributed by atoms with E-state index >= 15 is 0 Å². The number of carbonyl (C=O) groups excluding carboxylic acids is 2. The number of pyridine rings is 1. The van der Waals surface area contributed by atoms with Crippen LogP contribution in [0.4, 0.5) is 20.3 Å². The first-order valence-corrected chi connectivity index (χ1v) is 14.5. The van der Waals surface area contributed by atoms with Crippen molar-refractivity contribution in [3.63, 3.8) is 0 Å². The summed E-state index contributed by atoms with van der Waals surface area (Å²) >= 11 is 6.19. The molecule has 15 heteroatoms. The quantitative estimate of drug-likeness (QED) is 0.265. The van der Waals surface area contributed by atoms with Crippen LogP contribution in [-0.2, 0) is 24.3 Å². The number of nitrogens with zero attached hydrogens (tertiary/aromatic N) is 6. The van der Waals surface area contributed by atoms with E-state index in [4.69, 9.17) is 17.3 Å². The highest BCUT2D eigenvalue weighted by molar-refractivity contribution is 6.33. The fourth-order valence-corrected chi connectivity index (χ4v) is 5.93. The van der Waals surface area contributed by atoms with Crippen molar-refractivity contribution < 1.29 is 23.5 Å². The van der Waals surface area contributed by atoms with Crippen LogP contribution in [0.5, 0.6) is 5.75 Å². The lowest BCUT2D eigenvalue weighted by Gasteiger charge is -2.35. The summed E-state index contributed by atoms with van der Waals surface area (Å²) in [6.45, 7) is 5.90. The second-order valence-electron chi connectivity index (χ2n) is 10.8. The first-order chi connectivity index (χ1) is 21.0. The predicted molar refractivity (Wildman–Crippen MR) is 160 cm³/mol. The Morgan fingerprint density at radius 1 is 1.11 bits per heavy atom. The predicted octanol–water partition coefficient (Wildman–Crippen LogP) is 2.72. The van der Waals surface area contributed by atoms with Crippen LogP contribution in [0.2, 0.25) is 5.02 Å². The third kappa shape index (κ3) is 5.24. The normalized spacial score (nSPS) is 15.1. The molecule has 44 heavy (non-hydrogen) atoms. The van der Waals surface area contributed by atoms with E-state index in [-0.39, 0.29) is 39.4 Å². The molecule has 0 radical (unpaired) electrons. The molecule has 3 aromatic heterocycles. The van der Waals surface area contributed by atoms with E-state index in [2.05, 4.69) is 27.1 Å². The van der Waals surface area contributed by atoms with Crippen molar-refractivity contribution in [2.24, 2.45) is 5.73 Å². The number of hydrogen-bond acceptors (Lipinski definition) is 8. The molecule has 1 saturated heterocycles. The number of likely N-dealkylation sites (N-methyl/N-ethyl adjacent to an activating group) is 1. The molecular weight excluding hydrogens is 598 g/mol. The van der Waals surface area contributed by atoms with Gasteiger partial charge >= 0.3 is 0 Å². The molecule has 0 aliphatic carbocycles. The average molecular weight is 627 g/mol. The summed E-state index contributed by atoms with van der Waals surface area (Å²) in [7, 11) is 0. The van der Waals surface area contributed by atoms with Crippen molar-refractivity contribution in [2.45, 2.75) is 32.9 Å². The topological polar surface area (TPSA) is 152 Å². The molecule has 5 heterocycles. The van der Waals surface area contributed by atoms with Crippen molar-refractivity contribution in [2.75, 3.05) is 42.9 Å². The van der Waals surface area contributed by atoms with Gasteiger partial charge in [0.2, 0.25) is 11.9 Å². The zero-order valence-electron chi connectivity index (χ0n) is 23.7. The summed E-state index contributed by atoms with van der Waals surface area (Å²) in [4.78, 5) is 51.6. The molecule has 2 aliphatic rings. The number of aromatic nitrogens is 4. The van der Waals surface area contributed by atoms with E-state index in [9.17, 15) is 28.3 Å². The fourth-order valence-electron chi connectivity index (χ4n) is 5.79. The number of piperazine rings is 1. The van der Waals surface area contributed by atoms with Crippen LogP contribution in [0.15, 0.2) is 29.2 Å². The largest absolute Gasteiger partial charge is 0.504 e. The molecule has 230 valence electrons. The van der Waals surface area contributed by atoms with E-state index in [1.807, 2.05) is 4.90 Å². The zero-order chi connectivity index (χ0) is 31.3. The average Bonchev–Trinajstić information content (AvgIpc) is 3.62. The Labute approximate surface area is 254 Å². The van der Waals surface area contributed by atoms with Crippen molar-refractivity contribution in [1.82, 2.24) is 24.0 Å². The number of primary amides is 1. The van der Waals surface area contributed by atoms with Crippen molar-refractivity contribution in [3.8, 4) is 16.9 Å². The molecule has 4 aromatic rings. The lowest BCUT2D eigenvalue weighted by atomic mass is 10.0. The Morgan fingerprint density at radius 2 is 1.86 bits per heavy atom. The van der Waals surface area contributed by atoms with Gasteiger partial charge in [-0.2, -0.15) is 4.39 Å². The van der Waals surface area contributed by atoms with Gasteiger partial charge in [-0.1, -0.05) is 18.5 Å². The van der Waals surface area contributed by atoms with Gasteiger partial charge in [0.05, 0.1) is 16.6 Å². The van der Waals surface area contributed by atoms with Gasteiger partial charge in [-0.05, 0) is 30.7 Å². The number of hydrogen-bond donors (Lipinski definition) is 3. The molecule has 6 rings (SSSR count). The molecule has 1 fully saturated rings. The van der Waals surface area contributed by atoms with Crippen LogP contribution in [0.25, 0.3) is 22.2 Å². The number of aryl methyl sites for hydroxylation is 1. The van der Waals surface area contributed by atoms with Crippen molar-refractivity contribution in [1.29, 1.82) is 0 Å². The van der Waals surface area contributed by atoms with E-state index in [0.717, 1.165) is 25.7 Å². The first kappa shape index (κ1) is 29.5. The van der Waals surface area contributed by atoms with E-state index in [0.29, 0.717) is 44.1 Å². The van der Waals surface area contributed by atoms with Gasteiger partial charge in [0.1, 0.15) is 28.9 Å². The first-order valence-electron chi connectivity index (χ1n) is 14.1. The van der Waals surface area contributed by atoms with Crippen LogP contribution in [0.3, 0.4) is 0 Å². The highest BCUT2D eigenvalue weighted by atomic mass is 35.5. The number of carbonyl (C=O) groups is 2. The number of anilines is 2. The molecule has 2 amide bonds. The Hall–Kier alpha value is -4.56. The standard InChI is InChI=1S/C29H29ClF2N8O4/c1-2-37-6-8-38(9-7-37)21-12-19(24(30)26(32)35-21)34-22(41)14-39-13-17(15-10-16(27(33)43)25(42)18(31)11-15)23-28(39)36-20-4-3-5-40(20)29(23)44/h10-13,42H,2-9,14H2,1H3,(H2,33,43)(H,34,35,41). The summed E-state index contributed by atoms with van der Waals surface area (Å²) in [5, 5.41) is 12.4. The van der Waals surface area contributed by atoms with Crippen LogP contribution in [0, 0.1) is 11.8 Å². The van der Waals surface area contributed by atoms with E-state index in [1.165, 1.54) is 27.5 Å². The molecule has 0 saturated carbocycles. The van der Waals surface area contributed by atoms with E-state index < -0.39 is 40.5 Å². The molecule has 1 aromatic carbocycles. The van der Waals surface area contributed by atoms with Gasteiger partial charge in [0.25, 0.3) is 11.5 Å². The molecular formula is C29H29ClF2N8O4. The lowest BCUT2D eigenvalue weighted by Crippen LogP contribution is -2.46. The number of benzene rings is 1. The second-order valence-corrected chi connectivity index (χ2v) is 11.2. The Morgan fingerprint density at radius 3 is 2.57 bits per heavy atom. The number of nitrogens with two attached hydrogens (primary N) is 1. The van der Waals surface area contributed by atoms with Crippen molar-refractivity contribution >= 4 is 46.0 Å². The monoisotopic (exact) mass is 626 g/mol. The summed E-state index contributed by atoms with van der Waals surface area (Å²) in [6, 6.07) is 3.67. The van der Waals surface area contributed by atoms with Gasteiger partial charge in [0.15, 0.2) is 11.6 Å². The lowest BCUT2D eigenvalue weighted by molar-refractivity contribution is -0.116. The Balaban J connectivity index is 1.36. The number of aromatic hydroxyl groups is 1.